The highest BCUT2D eigenvalue weighted by molar-refractivity contribution is 7.12. The number of hydrogen-bond acceptors (Lipinski definition) is 6. The summed E-state index contributed by atoms with van der Waals surface area (Å²) in [6.45, 7) is 14.3. The molecule has 0 amide bonds. The quantitative estimate of drug-likeness (QED) is 0.350. The first-order valence-corrected chi connectivity index (χ1v) is 13.2. The number of nitrogens with one attached hydrogen (secondary N) is 1. The van der Waals surface area contributed by atoms with Gasteiger partial charge in [0.25, 0.3) is 0 Å². The molecule has 1 aliphatic rings. The van der Waals surface area contributed by atoms with Crippen LogP contribution in [-0.4, -0.2) is 41.4 Å². The van der Waals surface area contributed by atoms with E-state index in [9.17, 15) is 0 Å². The molecule has 7 heteroatoms. The van der Waals surface area contributed by atoms with E-state index in [2.05, 4.69) is 51.4 Å². The van der Waals surface area contributed by atoms with Gasteiger partial charge in [-0.15, -0.1) is 10.2 Å². The van der Waals surface area contributed by atoms with Crippen molar-refractivity contribution in [1.29, 1.82) is 0 Å². The van der Waals surface area contributed by atoms with Gasteiger partial charge in [-0.05, 0) is 69.2 Å². The fraction of sp³-hybridized carbons (Fsp3) is 0.429. The number of aromatic nitrogens is 2. The molecule has 35 heavy (non-hydrogen) atoms. The molecule has 6 nitrogen and oxygen atoms in total. The number of hydrogen-bond donors (Lipinski definition) is 2. The van der Waals surface area contributed by atoms with E-state index in [1.165, 1.54) is 0 Å². The van der Waals surface area contributed by atoms with Gasteiger partial charge in [0.15, 0.2) is 5.01 Å². The van der Waals surface area contributed by atoms with E-state index in [0.717, 1.165) is 69.5 Å². The topological polar surface area (TPSA) is 88.5 Å². The molecule has 3 rings (SSSR count). The number of nitrogens with two attached hydrogens (primary N) is 1. The monoisotopic (exact) mass is 492 g/mol. The van der Waals surface area contributed by atoms with Crippen molar-refractivity contribution < 1.29 is 0 Å². The number of allylic oxidation sites excluding steroid dienone is 3. The lowest BCUT2D eigenvalue weighted by Gasteiger charge is -2.25. The van der Waals surface area contributed by atoms with Crippen molar-refractivity contribution in [3.05, 3.63) is 64.1 Å². The molecule has 0 unspecified atom stereocenters. The predicted octanol–water partition coefficient (Wildman–Crippen LogP) is 6.31. The van der Waals surface area contributed by atoms with Gasteiger partial charge in [0.05, 0.1) is 11.6 Å². The second-order valence-corrected chi connectivity index (χ2v) is 9.37. The smallest absolute Gasteiger partial charge is 0.151 e. The van der Waals surface area contributed by atoms with E-state index in [1.807, 2.05) is 53.0 Å². The Morgan fingerprint density at radius 2 is 1.80 bits per heavy atom. The van der Waals surface area contributed by atoms with Crippen LogP contribution >= 0.6 is 11.3 Å². The molecule has 0 bridgehead atoms. The van der Waals surface area contributed by atoms with Crippen LogP contribution in [0.25, 0.3) is 16.8 Å². The molecule has 1 aromatic carbocycles. The van der Waals surface area contributed by atoms with Crippen molar-refractivity contribution in [2.75, 3.05) is 7.05 Å². The number of amidine groups is 1. The number of benzene rings is 1. The molecule has 1 aliphatic carbocycles. The predicted molar refractivity (Wildman–Crippen MR) is 154 cm³/mol. The minimum absolute atomic E-state index is 0.228. The molecular formula is C28H40N6S. The second-order valence-electron chi connectivity index (χ2n) is 8.19. The zero-order chi connectivity index (χ0) is 25.8. The maximum Gasteiger partial charge on any atom is 0.151 e. The normalized spacial score (nSPS) is 19.3. The first-order valence-electron chi connectivity index (χ1n) is 12.4. The van der Waals surface area contributed by atoms with Gasteiger partial charge in [-0.1, -0.05) is 62.1 Å². The van der Waals surface area contributed by atoms with E-state index < -0.39 is 0 Å². The summed E-state index contributed by atoms with van der Waals surface area (Å²) in [6.07, 6.45) is 9.93. The number of nitrogens with zero attached hydrogens (tertiary/aromatic N) is 4. The highest BCUT2D eigenvalue weighted by Crippen LogP contribution is 2.26. The maximum absolute atomic E-state index is 6.12. The lowest BCUT2D eigenvalue weighted by atomic mass is 9.92. The van der Waals surface area contributed by atoms with Gasteiger partial charge in [-0.25, -0.2) is 0 Å². The van der Waals surface area contributed by atoms with Gasteiger partial charge in [0, 0.05) is 25.0 Å². The molecule has 1 fully saturated rings. The molecule has 1 heterocycles. The Balaban J connectivity index is 0.00000210. The van der Waals surface area contributed by atoms with Crippen LogP contribution in [0.5, 0.6) is 0 Å². The van der Waals surface area contributed by atoms with E-state index in [-0.39, 0.29) is 12.1 Å². The summed E-state index contributed by atoms with van der Waals surface area (Å²) in [4.78, 5) is 9.29. The van der Waals surface area contributed by atoms with Crippen LogP contribution in [-0.2, 0) is 0 Å². The van der Waals surface area contributed by atoms with Crippen LogP contribution < -0.4 is 11.1 Å². The Hall–Kier alpha value is -2.90. The summed E-state index contributed by atoms with van der Waals surface area (Å²) >= 11 is 1.57. The lowest BCUT2D eigenvalue weighted by molar-refractivity contribution is 0.396. The van der Waals surface area contributed by atoms with Crippen molar-refractivity contribution in [3.63, 3.8) is 0 Å². The molecular weight excluding hydrogens is 452 g/mol. The molecule has 0 spiro atoms. The van der Waals surface area contributed by atoms with Crippen molar-refractivity contribution in [3.8, 4) is 0 Å². The Kier molecular flexibility index (Phi) is 11.7. The average molecular weight is 493 g/mol. The lowest BCUT2D eigenvalue weighted by Crippen LogP contribution is -2.31. The molecule has 2 aromatic rings. The third-order valence-corrected chi connectivity index (χ3v) is 6.62. The Morgan fingerprint density at radius 3 is 2.37 bits per heavy atom. The van der Waals surface area contributed by atoms with Gasteiger partial charge in [0.2, 0.25) is 0 Å². The van der Waals surface area contributed by atoms with E-state index in [0.29, 0.717) is 0 Å². The van der Waals surface area contributed by atoms with Crippen molar-refractivity contribution in [2.45, 2.75) is 72.4 Å². The van der Waals surface area contributed by atoms with Crippen molar-refractivity contribution in [1.82, 2.24) is 15.5 Å². The summed E-state index contributed by atoms with van der Waals surface area (Å²) in [5.41, 5.74) is 11.0. The third-order valence-electron chi connectivity index (χ3n) is 5.75. The molecule has 0 aliphatic heterocycles. The fourth-order valence-corrected chi connectivity index (χ4v) is 4.67. The summed E-state index contributed by atoms with van der Waals surface area (Å²) in [5, 5.41) is 13.9. The minimum atomic E-state index is 0.228. The zero-order valence-electron chi connectivity index (χ0n) is 22.0. The summed E-state index contributed by atoms with van der Waals surface area (Å²) in [7, 11) is 1.78. The molecule has 1 saturated carbocycles. The highest BCUT2D eigenvalue weighted by atomic mass is 32.1. The molecule has 0 saturated heterocycles. The summed E-state index contributed by atoms with van der Waals surface area (Å²) < 4.78 is 0. The van der Waals surface area contributed by atoms with Crippen LogP contribution in [0.2, 0.25) is 0 Å². The number of rotatable bonds is 7. The second kappa shape index (κ2) is 14.5. The van der Waals surface area contributed by atoms with E-state index >= 15 is 0 Å². The Morgan fingerprint density at radius 1 is 1.11 bits per heavy atom. The van der Waals surface area contributed by atoms with E-state index in [1.54, 1.807) is 18.4 Å². The fourth-order valence-electron chi connectivity index (χ4n) is 3.91. The van der Waals surface area contributed by atoms with Crippen LogP contribution in [0.4, 0.5) is 0 Å². The van der Waals surface area contributed by atoms with Crippen LogP contribution in [0.3, 0.4) is 0 Å². The van der Waals surface area contributed by atoms with Gasteiger partial charge in [-0.3, -0.25) is 9.98 Å². The third kappa shape index (κ3) is 8.08. The number of aliphatic imine (C=N–C) groups is 2. The minimum Gasteiger partial charge on any atom is -0.340 e. The van der Waals surface area contributed by atoms with E-state index in [4.69, 9.17) is 10.7 Å². The Labute approximate surface area is 214 Å². The molecule has 188 valence electrons. The molecule has 1 aromatic heterocycles. The van der Waals surface area contributed by atoms with Gasteiger partial charge < -0.3 is 11.1 Å². The highest BCUT2D eigenvalue weighted by Gasteiger charge is 2.21. The maximum atomic E-state index is 6.12. The average Bonchev–Trinajstić information content (AvgIpc) is 3.31. The molecule has 0 radical (unpaired) electrons. The van der Waals surface area contributed by atoms with Crippen molar-refractivity contribution >= 4 is 40.2 Å². The number of aryl methyl sites for hydroxylation is 1. The summed E-state index contributed by atoms with van der Waals surface area (Å²) in [6, 6.07) is 8.80. The first-order chi connectivity index (χ1) is 16.9. The van der Waals surface area contributed by atoms with Gasteiger partial charge >= 0.3 is 0 Å². The van der Waals surface area contributed by atoms with Crippen LogP contribution in [0, 0.1) is 6.92 Å². The largest absolute Gasteiger partial charge is 0.340 e. The zero-order valence-corrected chi connectivity index (χ0v) is 22.8. The van der Waals surface area contributed by atoms with Gasteiger partial charge in [0.1, 0.15) is 10.8 Å². The van der Waals surface area contributed by atoms with Gasteiger partial charge in [-0.2, -0.15) is 0 Å². The SMILES string of the molecule is C=C(NC(=NC1CCC(N)CC1)/C(=C\C)c1nnc(C)s1)c1cccc(/C(C=NC)=C/C)c1.CC. The Bertz CT molecular complexity index is 1080. The van der Waals surface area contributed by atoms with Crippen molar-refractivity contribution in [2.24, 2.45) is 15.7 Å². The van der Waals surface area contributed by atoms with Crippen LogP contribution in [0.15, 0.2) is 53.0 Å². The standard InChI is InChI=1S/C26H34N6S.C2H6/c1-6-19(16-28-5)21-10-8-9-20(15-21)17(3)29-25(30-23-13-11-22(27)12-14-23)24(7-2)26-32-31-18(4)33-26;1-2/h6-10,15-16,22-23H,3,11-14,27H2,1-2,4-5H3,(H,29,30);1-2H3/b19-6+,24-7+,28-16?;. The first kappa shape index (κ1) is 28.3. The van der Waals surface area contributed by atoms with Crippen LogP contribution in [0.1, 0.15) is 74.5 Å². The molecule has 3 N–H and O–H groups in total. The summed E-state index contributed by atoms with van der Waals surface area (Å²) in [5.74, 6) is 0.783. The molecule has 0 atom stereocenters.